The fraction of sp³-hybridized carbons (Fsp3) is 0.318. The molecule has 1 atom stereocenters. The molecule has 140 valence electrons. The summed E-state index contributed by atoms with van der Waals surface area (Å²) in [6, 6.07) is 18.2. The largest absolute Gasteiger partial charge is 0.497 e. The van der Waals surface area contributed by atoms with Crippen LogP contribution in [0.2, 0.25) is 0 Å². The van der Waals surface area contributed by atoms with E-state index in [2.05, 4.69) is 22.0 Å². The first-order valence-corrected chi connectivity index (χ1v) is 9.27. The molecule has 0 radical (unpaired) electrons. The van der Waals surface area contributed by atoms with E-state index in [1.54, 1.807) is 13.4 Å². The molecular weight excluding hydrogens is 340 g/mol. The zero-order valence-corrected chi connectivity index (χ0v) is 15.5. The number of benzene rings is 2. The second kappa shape index (κ2) is 8.37. The van der Waals surface area contributed by atoms with Gasteiger partial charge in [0.25, 0.3) is 0 Å². The molecule has 1 aliphatic heterocycles. The van der Waals surface area contributed by atoms with Gasteiger partial charge in [0.1, 0.15) is 12.0 Å². The molecule has 2 heterocycles. The molecule has 1 aliphatic rings. The normalized spacial score (nSPS) is 17.7. The minimum atomic E-state index is 0.188. The highest BCUT2D eigenvalue weighted by Crippen LogP contribution is 2.20. The van der Waals surface area contributed by atoms with E-state index >= 15 is 0 Å². The van der Waals surface area contributed by atoms with Gasteiger partial charge in [-0.15, -0.1) is 0 Å². The lowest BCUT2D eigenvalue weighted by molar-refractivity contribution is -0.0308. The van der Waals surface area contributed by atoms with Crippen LogP contribution in [0.15, 0.2) is 65.3 Å². The van der Waals surface area contributed by atoms with Crippen molar-refractivity contribution in [2.24, 2.45) is 0 Å². The maximum atomic E-state index is 5.96. The van der Waals surface area contributed by atoms with Crippen molar-refractivity contribution in [2.45, 2.75) is 19.1 Å². The van der Waals surface area contributed by atoms with Crippen molar-refractivity contribution in [2.75, 3.05) is 26.8 Å². The van der Waals surface area contributed by atoms with Gasteiger partial charge in [0.05, 0.1) is 25.5 Å². The lowest BCUT2D eigenvalue weighted by Crippen LogP contribution is -2.42. The van der Waals surface area contributed by atoms with Crippen LogP contribution in [-0.2, 0) is 17.7 Å². The molecule has 1 aromatic heterocycles. The molecule has 0 spiro atoms. The number of hydrogen-bond acceptors (Lipinski definition) is 5. The fourth-order valence-electron chi connectivity index (χ4n) is 3.39. The second-order valence-electron chi connectivity index (χ2n) is 6.79. The number of nitrogens with zero attached hydrogens (tertiary/aromatic N) is 2. The summed E-state index contributed by atoms with van der Waals surface area (Å²) in [5, 5.41) is 0. The highest BCUT2D eigenvalue weighted by atomic mass is 16.5. The van der Waals surface area contributed by atoms with Crippen molar-refractivity contribution in [1.29, 1.82) is 0 Å². The predicted octanol–water partition coefficient (Wildman–Crippen LogP) is 3.79. The summed E-state index contributed by atoms with van der Waals surface area (Å²) in [6.07, 6.45) is 2.85. The zero-order valence-electron chi connectivity index (χ0n) is 15.5. The third-order valence-electron chi connectivity index (χ3n) is 4.80. The van der Waals surface area contributed by atoms with Crippen LogP contribution in [0, 0.1) is 0 Å². The van der Waals surface area contributed by atoms with Crippen LogP contribution in [0.25, 0.3) is 11.5 Å². The molecule has 0 amide bonds. The molecule has 3 aromatic rings. The maximum Gasteiger partial charge on any atom is 0.226 e. The molecule has 1 saturated heterocycles. The Bertz CT molecular complexity index is 846. The van der Waals surface area contributed by atoms with Gasteiger partial charge in [-0.3, -0.25) is 4.90 Å². The smallest absolute Gasteiger partial charge is 0.226 e. The molecule has 0 saturated carbocycles. The Morgan fingerprint density at radius 2 is 1.93 bits per heavy atom. The lowest BCUT2D eigenvalue weighted by Gasteiger charge is -2.32. The first-order chi connectivity index (χ1) is 13.3. The molecule has 1 fully saturated rings. The zero-order chi connectivity index (χ0) is 18.5. The number of aromatic nitrogens is 1. The van der Waals surface area contributed by atoms with Gasteiger partial charge in [-0.2, -0.15) is 0 Å². The fourth-order valence-corrected chi connectivity index (χ4v) is 3.39. The summed E-state index contributed by atoms with van der Waals surface area (Å²) in [5.74, 6) is 1.55. The van der Waals surface area contributed by atoms with Gasteiger partial charge in [0.15, 0.2) is 0 Å². The Kier molecular flexibility index (Phi) is 5.51. The Hall–Kier alpha value is -2.63. The van der Waals surface area contributed by atoms with Crippen molar-refractivity contribution in [3.05, 3.63) is 72.1 Å². The number of oxazole rings is 1. The van der Waals surface area contributed by atoms with E-state index in [-0.39, 0.29) is 6.10 Å². The minimum absolute atomic E-state index is 0.188. The van der Waals surface area contributed by atoms with E-state index in [4.69, 9.17) is 13.9 Å². The maximum absolute atomic E-state index is 5.96. The van der Waals surface area contributed by atoms with Crippen LogP contribution in [-0.4, -0.2) is 42.8 Å². The third-order valence-corrected chi connectivity index (χ3v) is 4.80. The average Bonchev–Trinajstić information content (AvgIpc) is 3.18. The van der Waals surface area contributed by atoms with E-state index < -0.39 is 0 Å². The van der Waals surface area contributed by atoms with E-state index in [1.165, 1.54) is 5.56 Å². The summed E-state index contributed by atoms with van der Waals surface area (Å²) >= 11 is 0. The first-order valence-electron chi connectivity index (χ1n) is 9.27. The van der Waals surface area contributed by atoms with Gasteiger partial charge in [-0.1, -0.05) is 30.3 Å². The van der Waals surface area contributed by atoms with Gasteiger partial charge in [-0.25, -0.2) is 4.98 Å². The molecule has 0 bridgehead atoms. The second-order valence-corrected chi connectivity index (χ2v) is 6.79. The first kappa shape index (κ1) is 17.8. The number of hydrogen-bond donors (Lipinski definition) is 0. The van der Waals surface area contributed by atoms with Crippen molar-refractivity contribution in [3.8, 4) is 17.2 Å². The summed E-state index contributed by atoms with van der Waals surface area (Å²) in [4.78, 5) is 7.02. The van der Waals surface area contributed by atoms with Crippen LogP contribution in [0.5, 0.6) is 5.75 Å². The third kappa shape index (κ3) is 4.56. The van der Waals surface area contributed by atoms with Crippen LogP contribution in [0.1, 0.15) is 11.3 Å². The van der Waals surface area contributed by atoms with E-state index in [1.807, 2.05) is 42.5 Å². The lowest BCUT2D eigenvalue weighted by atomic mass is 10.1. The summed E-state index contributed by atoms with van der Waals surface area (Å²) < 4.78 is 16.8. The van der Waals surface area contributed by atoms with Crippen molar-refractivity contribution in [1.82, 2.24) is 9.88 Å². The van der Waals surface area contributed by atoms with Crippen LogP contribution in [0.4, 0.5) is 0 Å². The highest BCUT2D eigenvalue weighted by molar-refractivity contribution is 5.52. The van der Waals surface area contributed by atoms with Crippen LogP contribution < -0.4 is 4.74 Å². The summed E-state index contributed by atoms with van der Waals surface area (Å²) in [7, 11) is 1.68. The van der Waals surface area contributed by atoms with Crippen LogP contribution in [0.3, 0.4) is 0 Å². The molecule has 0 unspecified atom stereocenters. The van der Waals surface area contributed by atoms with E-state index in [0.717, 1.165) is 49.7 Å². The van der Waals surface area contributed by atoms with Gasteiger partial charge in [-0.05, 0) is 36.2 Å². The Morgan fingerprint density at radius 1 is 1.11 bits per heavy atom. The Balaban J connectivity index is 1.35. The standard InChI is InChI=1S/C22H24N2O3/c1-25-20-9-7-17(8-10-20)13-21-15-24(11-12-26-21)14-19-16-27-22(23-19)18-5-3-2-4-6-18/h2-10,16,21H,11-15H2,1H3/t21-/m1/s1. The number of morpholine rings is 1. The number of rotatable bonds is 6. The number of ether oxygens (including phenoxy) is 2. The van der Waals surface area contributed by atoms with Gasteiger partial charge in [0, 0.05) is 25.2 Å². The van der Waals surface area contributed by atoms with E-state index in [0.29, 0.717) is 5.89 Å². The Morgan fingerprint density at radius 3 is 2.70 bits per heavy atom. The van der Waals surface area contributed by atoms with Crippen molar-refractivity contribution >= 4 is 0 Å². The molecule has 2 aromatic carbocycles. The molecule has 5 nitrogen and oxygen atoms in total. The van der Waals surface area contributed by atoms with Crippen molar-refractivity contribution in [3.63, 3.8) is 0 Å². The highest BCUT2D eigenvalue weighted by Gasteiger charge is 2.22. The van der Waals surface area contributed by atoms with Gasteiger partial charge < -0.3 is 13.9 Å². The van der Waals surface area contributed by atoms with E-state index in [9.17, 15) is 0 Å². The molecule has 0 aliphatic carbocycles. The molecular formula is C22H24N2O3. The minimum Gasteiger partial charge on any atom is -0.497 e. The predicted molar refractivity (Wildman–Crippen MR) is 104 cm³/mol. The van der Waals surface area contributed by atoms with Gasteiger partial charge in [0.2, 0.25) is 5.89 Å². The monoisotopic (exact) mass is 364 g/mol. The quantitative estimate of drug-likeness (QED) is 0.666. The molecule has 27 heavy (non-hydrogen) atoms. The van der Waals surface area contributed by atoms with Crippen molar-refractivity contribution < 1.29 is 13.9 Å². The van der Waals surface area contributed by atoms with Gasteiger partial charge >= 0.3 is 0 Å². The SMILES string of the molecule is COc1ccc(C[C@@H]2CN(Cc3coc(-c4ccccc4)n3)CCO2)cc1. The topological polar surface area (TPSA) is 47.7 Å². The molecule has 5 heteroatoms. The summed E-state index contributed by atoms with van der Waals surface area (Å²) in [5.41, 5.74) is 3.22. The Labute approximate surface area is 159 Å². The molecule has 4 rings (SSSR count). The summed E-state index contributed by atoms with van der Waals surface area (Å²) in [6.45, 7) is 3.31. The molecule has 0 N–H and O–H groups in total. The average molecular weight is 364 g/mol. The number of methoxy groups -OCH3 is 1. The van der Waals surface area contributed by atoms with Crippen LogP contribution >= 0.6 is 0 Å².